The van der Waals surface area contributed by atoms with E-state index in [1.807, 2.05) is 6.07 Å². The van der Waals surface area contributed by atoms with Gasteiger partial charge < -0.3 is 15.1 Å². The van der Waals surface area contributed by atoms with Crippen LogP contribution < -0.4 is 10.6 Å². The summed E-state index contributed by atoms with van der Waals surface area (Å²) in [5.74, 6) is 2.21. The first-order valence-electron chi connectivity index (χ1n) is 10.5. The average Bonchev–Trinajstić information content (AvgIpc) is 3.20. The molecule has 2 N–H and O–H groups in total. The minimum absolute atomic E-state index is 0.119. The van der Waals surface area contributed by atoms with Crippen molar-refractivity contribution in [2.24, 2.45) is 17.8 Å². The van der Waals surface area contributed by atoms with Crippen LogP contribution in [0.2, 0.25) is 0 Å². The fraction of sp³-hybridized carbons (Fsp3) is 0.417. The number of carbonyl (C=O) groups is 2. The second kappa shape index (κ2) is 7.21. The molecule has 5 heteroatoms. The highest BCUT2D eigenvalue weighted by Gasteiger charge is 2.51. The van der Waals surface area contributed by atoms with Crippen LogP contribution in [0.15, 0.2) is 58.8 Å². The lowest BCUT2D eigenvalue weighted by molar-refractivity contribution is -0.123. The maximum absolute atomic E-state index is 13.3. The van der Waals surface area contributed by atoms with Crippen LogP contribution in [0.25, 0.3) is 6.08 Å². The second-order valence-electron chi connectivity index (χ2n) is 9.05. The van der Waals surface area contributed by atoms with E-state index in [1.54, 1.807) is 48.7 Å². The maximum Gasteiger partial charge on any atom is 0.268 e. The van der Waals surface area contributed by atoms with Gasteiger partial charge in [0.25, 0.3) is 11.8 Å². The van der Waals surface area contributed by atoms with Crippen molar-refractivity contribution >= 4 is 17.9 Å². The molecule has 4 aliphatic carbocycles. The minimum atomic E-state index is -0.302. The Hall–Kier alpha value is -2.82. The van der Waals surface area contributed by atoms with Crippen molar-refractivity contribution in [3.63, 3.8) is 0 Å². The fourth-order valence-corrected chi connectivity index (χ4v) is 6.03. The smallest absolute Gasteiger partial charge is 0.268 e. The van der Waals surface area contributed by atoms with Gasteiger partial charge in [-0.15, -0.1) is 0 Å². The van der Waals surface area contributed by atoms with E-state index in [2.05, 4.69) is 10.6 Å². The van der Waals surface area contributed by atoms with E-state index in [4.69, 9.17) is 4.42 Å². The average molecular weight is 390 g/mol. The molecule has 1 heterocycles. The monoisotopic (exact) mass is 390 g/mol. The third kappa shape index (κ3) is 3.74. The summed E-state index contributed by atoms with van der Waals surface area (Å²) in [4.78, 5) is 26.0. The third-order valence-corrected chi connectivity index (χ3v) is 6.78. The Kier molecular flexibility index (Phi) is 4.53. The molecule has 2 amide bonds. The molecule has 0 aliphatic heterocycles. The van der Waals surface area contributed by atoms with E-state index in [1.165, 1.54) is 19.3 Å². The number of carbonyl (C=O) groups excluding carboxylic acids is 2. The molecule has 29 heavy (non-hydrogen) atoms. The van der Waals surface area contributed by atoms with Crippen LogP contribution >= 0.6 is 0 Å². The number of benzene rings is 1. The van der Waals surface area contributed by atoms with Crippen molar-refractivity contribution in [1.82, 2.24) is 10.6 Å². The predicted octanol–water partition coefficient (Wildman–Crippen LogP) is 4.14. The molecule has 150 valence electrons. The number of furan rings is 1. The molecule has 4 fully saturated rings. The van der Waals surface area contributed by atoms with Crippen molar-refractivity contribution in [3.8, 4) is 0 Å². The van der Waals surface area contributed by atoms with Crippen LogP contribution in [-0.4, -0.2) is 17.4 Å². The first kappa shape index (κ1) is 18.2. The molecule has 0 spiro atoms. The Morgan fingerprint density at radius 2 is 1.59 bits per heavy atom. The summed E-state index contributed by atoms with van der Waals surface area (Å²) in [5.41, 5.74) is 0.621. The zero-order valence-electron chi connectivity index (χ0n) is 16.4. The molecule has 0 radical (unpaired) electrons. The van der Waals surface area contributed by atoms with Gasteiger partial charge in [0.1, 0.15) is 11.5 Å². The lowest BCUT2D eigenvalue weighted by atomic mass is 9.53. The van der Waals surface area contributed by atoms with Crippen LogP contribution in [0, 0.1) is 17.8 Å². The van der Waals surface area contributed by atoms with Crippen molar-refractivity contribution in [3.05, 3.63) is 65.7 Å². The van der Waals surface area contributed by atoms with Gasteiger partial charge in [0, 0.05) is 17.2 Å². The number of hydrogen-bond donors (Lipinski definition) is 2. The molecule has 4 saturated carbocycles. The van der Waals surface area contributed by atoms with E-state index >= 15 is 0 Å². The van der Waals surface area contributed by atoms with Crippen LogP contribution in [-0.2, 0) is 4.79 Å². The minimum Gasteiger partial charge on any atom is -0.465 e. The standard InChI is InChI=1S/C24H26N2O3/c27-22(19-5-2-1-3-6-19)25-21(12-20-7-4-8-29-20)23(28)26-24-13-16-9-17(14-24)11-18(10-16)15-24/h1-8,12,16-18H,9-11,13-15H2,(H,25,27)(H,26,28)/b21-12-. The summed E-state index contributed by atoms with van der Waals surface area (Å²) in [6.07, 6.45) is 10.3. The summed E-state index contributed by atoms with van der Waals surface area (Å²) in [6, 6.07) is 12.5. The molecule has 1 aromatic heterocycles. The predicted molar refractivity (Wildman–Crippen MR) is 110 cm³/mol. The van der Waals surface area contributed by atoms with Gasteiger partial charge in [-0.1, -0.05) is 18.2 Å². The first-order chi connectivity index (χ1) is 14.1. The van der Waals surface area contributed by atoms with Gasteiger partial charge in [-0.3, -0.25) is 9.59 Å². The van der Waals surface area contributed by atoms with Crippen LogP contribution in [0.4, 0.5) is 0 Å². The summed E-state index contributed by atoms with van der Waals surface area (Å²) in [6.45, 7) is 0. The molecule has 6 rings (SSSR count). The van der Waals surface area contributed by atoms with Crippen LogP contribution in [0.1, 0.15) is 54.6 Å². The van der Waals surface area contributed by atoms with Gasteiger partial charge in [-0.25, -0.2) is 0 Å². The van der Waals surface area contributed by atoms with E-state index in [0.717, 1.165) is 37.0 Å². The van der Waals surface area contributed by atoms with Gasteiger partial charge in [0.05, 0.1) is 6.26 Å². The molecule has 0 atom stereocenters. The summed E-state index contributed by atoms with van der Waals surface area (Å²) < 4.78 is 5.39. The zero-order chi connectivity index (χ0) is 19.8. The normalized spacial score (nSPS) is 30.2. The van der Waals surface area contributed by atoms with Crippen molar-refractivity contribution in [1.29, 1.82) is 0 Å². The summed E-state index contributed by atoms with van der Waals surface area (Å²) in [7, 11) is 0. The molecular formula is C24H26N2O3. The third-order valence-electron chi connectivity index (χ3n) is 6.78. The highest BCUT2D eigenvalue weighted by Crippen LogP contribution is 2.55. The molecule has 0 unspecified atom stereocenters. The van der Waals surface area contributed by atoms with E-state index < -0.39 is 0 Å². The Morgan fingerprint density at radius 1 is 0.931 bits per heavy atom. The molecule has 4 aliphatic rings. The Morgan fingerprint density at radius 3 is 2.17 bits per heavy atom. The quantitative estimate of drug-likeness (QED) is 0.754. The molecule has 4 bridgehead atoms. The number of amides is 2. The first-order valence-corrected chi connectivity index (χ1v) is 10.5. The maximum atomic E-state index is 13.3. The number of hydrogen-bond acceptors (Lipinski definition) is 3. The molecular weight excluding hydrogens is 364 g/mol. The van der Waals surface area contributed by atoms with Gasteiger partial charge in [0.15, 0.2) is 0 Å². The molecule has 0 saturated heterocycles. The van der Waals surface area contributed by atoms with Gasteiger partial charge in [-0.05, 0) is 80.5 Å². The highest BCUT2D eigenvalue weighted by molar-refractivity contribution is 6.05. The zero-order valence-corrected chi connectivity index (χ0v) is 16.4. The van der Waals surface area contributed by atoms with Crippen molar-refractivity contribution in [2.45, 2.75) is 44.1 Å². The largest absolute Gasteiger partial charge is 0.465 e. The van der Waals surface area contributed by atoms with E-state index in [-0.39, 0.29) is 23.1 Å². The fourth-order valence-electron chi connectivity index (χ4n) is 6.03. The van der Waals surface area contributed by atoms with Gasteiger partial charge >= 0.3 is 0 Å². The molecule has 1 aromatic carbocycles. The number of rotatable bonds is 5. The van der Waals surface area contributed by atoms with Gasteiger partial charge in [0.2, 0.25) is 0 Å². The SMILES string of the molecule is O=C(NC12CC3CC(CC(C3)C1)C2)/C(=C/c1ccco1)NC(=O)c1ccccc1. The topological polar surface area (TPSA) is 71.3 Å². The Bertz CT molecular complexity index is 895. The lowest BCUT2D eigenvalue weighted by Crippen LogP contribution is -2.60. The summed E-state index contributed by atoms with van der Waals surface area (Å²) in [5, 5.41) is 6.13. The second-order valence-corrected chi connectivity index (χ2v) is 9.05. The summed E-state index contributed by atoms with van der Waals surface area (Å²) >= 11 is 0. The number of nitrogens with one attached hydrogen (secondary N) is 2. The van der Waals surface area contributed by atoms with E-state index in [0.29, 0.717) is 11.3 Å². The highest BCUT2D eigenvalue weighted by atomic mass is 16.3. The van der Waals surface area contributed by atoms with Gasteiger partial charge in [-0.2, -0.15) is 0 Å². The molecule has 2 aromatic rings. The van der Waals surface area contributed by atoms with Crippen LogP contribution in [0.3, 0.4) is 0 Å². The lowest BCUT2D eigenvalue weighted by Gasteiger charge is -2.56. The van der Waals surface area contributed by atoms with Crippen molar-refractivity contribution in [2.75, 3.05) is 0 Å². The Labute approximate surface area is 170 Å². The van der Waals surface area contributed by atoms with E-state index in [9.17, 15) is 9.59 Å². The van der Waals surface area contributed by atoms with Crippen LogP contribution in [0.5, 0.6) is 0 Å². The van der Waals surface area contributed by atoms with Crippen molar-refractivity contribution < 1.29 is 14.0 Å². The Balaban J connectivity index is 1.38. The molecule has 5 nitrogen and oxygen atoms in total.